The van der Waals surface area contributed by atoms with Crippen molar-refractivity contribution >= 4 is 44.9 Å². The first-order valence-electron chi connectivity index (χ1n) is 7.76. The lowest BCUT2D eigenvalue weighted by Gasteiger charge is -2.29. The molecule has 132 valence electrons. The molecule has 9 heteroatoms. The number of imide groups is 1. The molecule has 2 amide bonds. The van der Waals surface area contributed by atoms with Crippen LogP contribution >= 0.6 is 27.7 Å². The number of hydrogen-bond acceptors (Lipinski definition) is 7. The summed E-state index contributed by atoms with van der Waals surface area (Å²) in [6.45, 7) is 3.16. The third-order valence-electron chi connectivity index (χ3n) is 4.10. The molecule has 0 spiro atoms. The van der Waals surface area contributed by atoms with E-state index >= 15 is 0 Å². The Morgan fingerprint density at radius 1 is 1.16 bits per heavy atom. The van der Waals surface area contributed by atoms with Gasteiger partial charge in [-0.15, -0.1) is 0 Å². The first-order chi connectivity index (χ1) is 12.1. The average Bonchev–Trinajstić information content (AvgIpc) is 3.16. The number of halogens is 1. The van der Waals surface area contributed by atoms with Crippen LogP contribution in [-0.2, 0) is 9.53 Å². The maximum atomic E-state index is 12.6. The Morgan fingerprint density at radius 2 is 1.88 bits per heavy atom. The molecule has 0 N–H and O–H groups in total. The third kappa shape index (κ3) is 3.41. The van der Waals surface area contributed by atoms with Gasteiger partial charge in [-0.1, -0.05) is 15.9 Å². The highest BCUT2D eigenvalue weighted by molar-refractivity contribution is 9.10. The fourth-order valence-corrected chi connectivity index (χ4v) is 4.01. The van der Waals surface area contributed by atoms with Crippen LogP contribution in [0.3, 0.4) is 0 Å². The first-order valence-corrected chi connectivity index (χ1v) is 9.37. The summed E-state index contributed by atoms with van der Waals surface area (Å²) >= 11 is 4.42. The molecule has 4 rings (SSSR count). The van der Waals surface area contributed by atoms with Gasteiger partial charge in [0.15, 0.2) is 11.5 Å². The Balaban J connectivity index is 1.54. The van der Waals surface area contributed by atoms with Crippen molar-refractivity contribution in [2.24, 2.45) is 0 Å². The molecule has 2 saturated heterocycles. The SMILES string of the molecule is O=C1SC(=Cc2cc3c(cc2Br)OCO3)C(=O)N1CN1CCOCC1. The van der Waals surface area contributed by atoms with Gasteiger partial charge in [0.1, 0.15) is 0 Å². The van der Waals surface area contributed by atoms with Crippen molar-refractivity contribution in [3.05, 3.63) is 27.1 Å². The van der Waals surface area contributed by atoms with E-state index < -0.39 is 0 Å². The molecule has 0 unspecified atom stereocenters. The van der Waals surface area contributed by atoms with Gasteiger partial charge in [-0.25, -0.2) is 0 Å². The maximum absolute atomic E-state index is 12.6. The van der Waals surface area contributed by atoms with Gasteiger partial charge in [0.05, 0.1) is 24.8 Å². The number of nitrogens with zero attached hydrogens (tertiary/aromatic N) is 2. The van der Waals surface area contributed by atoms with E-state index in [1.807, 2.05) is 4.90 Å². The van der Waals surface area contributed by atoms with E-state index in [1.165, 1.54) is 4.90 Å². The number of carbonyl (C=O) groups is 2. The van der Waals surface area contributed by atoms with Crippen molar-refractivity contribution in [2.45, 2.75) is 0 Å². The highest BCUT2D eigenvalue weighted by Crippen LogP contribution is 2.39. The summed E-state index contributed by atoms with van der Waals surface area (Å²) < 4.78 is 16.8. The zero-order chi connectivity index (χ0) is 17.4. The maximum Gasteiger partial charge on any atom is 0.294 e. The smallest absolute Gasteiger partial charge is 0.294 e. The highest BCUT2D eigenvalue weighted by Gasteiger charge is 2.36. The summed E-state index contributed by atoms with van der Waals surface area (Å²) in [5.41, 5.74) is 0.765. The molecule has 3 heterocycles. The third-order valence-corrected chi connectivity index (χ3v) is 5.69. The second-order valence-corrected chi connectivity index (χ2v) is 7.56. The predicted molar refractivity (Wildman–Crippen MR) is 95.3 cm³/mol. The van der Waals surface area contributed by atoms with Crippen molar-refractivity contribution in [2.75, 3.05) is 39.8 Å². The zero-order valence-corrected chi connectivity index (χ0v) is 15.6. The van der Waals surface area contributed by atoms with Crippen molar-refractivity contribution < 1.29 is 23.8 Å². The van der Waals surface area contributed by atoms with Gasteiger partial charge < -0.3 is 14.2 Å². The minimum Gasteiger partial charge on any atom is -0.454 e. The van der Waals surface area contributed by atoms with E-state index in [2.05, 4.69) is 15.9 Å². The molecule has 25 heavy (non-hydrogen) atoms. The number of benzene rings is 1. The number of fused-ring (bicyclic) bond motifs is 1. The number of morpholine rings is 1. The molecule has 3 aliphatic rings. The van der Waals surface area contributed by atoms with Crippen molar-refractivity contribution in [1.82, 2.24) is 9.80 Å². The van der Waals surface area contributed by atoms with Crippen LogP contribution in [0.2, 0.25) is 0 Å². The van der Waals surface area contributed by atoms with Crippen LogP contribution < -0.4 is 9.47 Å². The molecule has 0 saturated carbocycles. The lowest BCUT2D eigenvalue weighted by atomic mass is 10.2. The summed E-state index contributed by atoms with van der Waals surface area (Å²) in [6.07, 6.45) is 1.70. The van der Waals surface area contributed by atoms with Crippen molar-refractivity contribution in [1.29, 1.82) is 0 Å². The quantitative estimate of drug-likeness (QED) is 0.687. The first kappa shape index (κ1) is 16.9. The number of hydrogen-bond donors (Lipinski definition) is 0. The number of amides is 2. The molecule has 0 radical (unpaired) electrons. The second kappa shape index (κ2) is 6.99. The van der Waals surface area contributed by atoms with Gasteiger partial charge in [-0.3, -0.25) is 19.4 Å². The zero-order valence-electron chi connectivity index (χ0n) is 13.2. The molecule has 0 bridgehead atoms. The van der Waals surface area contributed by atoms with E-state index in [0.29, 0.717) is 49.4 Å². The summed E-state index contributed by atoms with van der Waals surface area (Å²) in [4.78, 5) is 28.6. The van der Waals surface area contributed by atoms with Crippen LogP contribution in [0.5, 0.6) is 11.5 Å². The Hall–Kier alpha value is -1.55. The summed E-state index contributed by atoms with van der Waals surface area (Å²) in [6, 6.07) is 3.59. The Labute approximate surface area is 157 Å². The minimum atomic E-state index is -0.272. The van der Waals surface area contributed by atoms with Crippen LogP contribution in [-0.4, -0.2) is 60.7 Å². The van der Waals surface area contributed by atoms with E-state index in [1.54, 1.807) is 18.2 Å². The monoisotopic (exact) mass is 426 g/mol. The van der Waals surface area contributed by atoms with Crippen LogP contribution in [0.15, 0.2) is 21.5 Å². The fourth-order valence-electron chi connectivity index (χ4n) is 2.75. The topological polar surface area (TPSA) is 68.3 Å². The van der Waals surface area contributed by atoms with E-state index in [4.69, 9.17) is 14.2 Å². The number of thioether (sulfide) groups is 1. The molecule has 3 aliphatic heterocycles. The Morgan fingerprint density at radius 3 is 2.64 bits per heavy atom. The lowest BCUT2D eigenvalue weighted by Crippen LogP contribution is -2.45. The molecule has 2 fully saturated rings. The standard InChI is InChI=1S/C16H15BrN2O5S/c17-11-7-13-12(23-9-24-13)5-10(11)6-14-15(20)19(16(21)25-14)8-18-1-3-22-4-2-18/h5-7H,1-4,8-9H2. The fraction of sp³-hybridized carbons (Fsp3) is 0.375. The molecule has 7 nitrogen and oxygen atoms in total. The number of ether oxygens (including phenoxy) is 3. The molecule has 1 aromatic rings. The van der Waals surface area contributed by atoms with Gasteiger partial charge in [-0.05, 0) is 35.5 Å². The molecule has 0 atom stereocenters. The minimum absolute atomic E-state index is 0.182. The van der Waals surface area contributed by atoms with Gasteiger partial charge >= 0.3 is 0 Å². The molecular weight excluding hydrogens is 412 g/mol. The lowest BCUT2D eigenvalue weighted by molar-refractivity contribution is -0.125. The van der Waals surface area contributed by atoms with Crippen LogP contribution in [0, 0.1) is 0 Å². The summed E-state index contributed by atoms with van der Waals surface area (Å²) in [7, 11) is 0. The molecular formula is C16H15BrN2O5S. The summed E-state index contributed by atoms with van der Waals surface area (Å²) in [5, 5.41) is -0.250. The normalized spacial score (nSPS) is 22.3. The number of rotatable bonds is 3. The highest BCUT2D eigenvalue weighted by atomic mass is 79.9. The Bertz CT molecular complexity index is 763. The predicted octanol–water partition coefficient (Wildman–Crippen LogP) is 2.50. The average molecular weight is 427 g/mol. The van der Waals surface area contributed by atoms with Gasteiger partial charge in [0.2, 0.25) is 6.79 Å². The van der Waals surface area contributed by atoms with Gasteiger partial charge in [0, 0.05) is 17.6 Å². The van der Waals surface area contributed by atoms with Crippen LogP contribution in [0.1, 0.15) is 5.56 Å². The van der Waals surface area contributed by atoms with Gasteiger partial charge in [-0.2, -0.15) is 0 Å². The van der Waals surface area contributed by atoms with Gasteiger partial charge in [0.25, 0.3) is 11.1 Å². The van der Waals surface area contributed by atoms with E-state index in [-0.39, 0.29) is 17.9 Å². The molecule has 0 aliphatic carbocycles. The van der Waals surface area contributed by atoms with Crippen molar-refractivity contribution in [3.8, 4) is 11.5 Å². The Kier molecular flexibility index (Phi) is 4.72. The molecule has 0 aromatic heterocycles. The van der Waals surface area contributed by atoms with Crippen LogP contribution in [0.25, 0.3) is 6.08 Å². The molecule has 1 aromatic carbocycles. The summed E-state index contributed by atoms with van der Waals surface area (Å²) in [5.74, 6) is 1.01. The van der Waals surface area contributed by atoms with E-state index in [0.717, 1.165) is 21.8 Å². The second-order valence-electron chi connectivity index (χ2n) is 5.71. The largest absolute Gasteiger partial charge is 0.454 e. The number of carbonyl (C=O) groups excluding carboxylic acids is 2. The van der Waals surface area contributed by atoms with Crippen molar-refractivity contribution in [3.63, 3.8) is 0 Å². The van der Waals surface area contributed by atoms with E-state index in [9.17, 15) is 9.59 Å². The van der Waals surface area contributed by atoms with Crippen LogP contribution in [0.4, 0.5) is 4.79 Å².